The molecule has 0 atom stereocenters. The van der Waals surface area contributed by atoms with E-state index in [-0.39, 0.29) is 23.2 Å². The van der Waals surface area contributed by atoms with Gasteiger partial charge in [-0.1, -0.05) is 6.07 Å². The number of aromatic nitrogens is 4. The number of tetrazole rings is 1. The van der Waals surface area contributed by atoms with Gasteiger partial charge in [-0.15, -0.1) is 5.10 Å². The van der Waals surface area contributed by atoms with E-state index in [4.69, 9.17) is 4.74 Å². The van der Waals surface area contributed by atoms with Crippen molar-refractivity contribution < 1.29 is 17.9 Å². The number of benzene rings is 2. The van der Waals surface area contributed by atoms with Gasteiger partial charge in [-0.2, -0.15) is 4.68 Å². The number of nitrogens with one attached hydrogen (secondary N) is 1. The van der Waals surface area contributed by atoms with Crippen LogP contribution in [0.5, 0.6) is 0 Å². The quantitative estimate of drug-likeness (QED) is 0.627. The second kappa shape index (κ2) is 8.50. The summed E-state index contributed by atoms with van der Waals surface area (Å²) < 4.78 is 30.8. The highest BCUT2D eigenvalue weighted by Gasteiger charge is 2.15. The number of hydrogen-bond acceptors (Lipinski definition) is 7. The molecule has 0 saturated heterocycles. The smallest absolute Gasteiger partial charge is 0.255 e. The molecule has 0 aliphatic carbocycles. The normalized spacial score (nSPS) is 11.4. The van der Waals surface area contributed by atoms with Gasteiger partial charge in [-0.05, 0) is 66.2 Å². The maximum atomic E-state index is 12.6. The number of carbonyl (C=O) groups is 1. The van der Waals surface area contributed by atoms with Crippen molar-refractivity contribution in [1.29, 1.82) is 0 Å². The highest BCUT2D eigenvalue weighted by atomic mass is 32.2. The summed E-state index contributed by atoms with van der Waals surface area (Å²) in [5.41, 5.74) is 2.62. The zero-order chi connectivity index (χ0) is 21.0. The van der Waals surface area contributed by atoms with Gasteiger partial charge in [0.1, 0.15) is 0 Å². The minimum Gasteiger partial charge on any atom is -0.384 e. The van der Waals surface area contributed by atoms with Crippen molar-refractivity contribution in [2.75, 3.05) is 24.8 Å². The second-order valence-electron chi connectivity index (χ2n) is 6.43. The Kier molecular flexibility index (Phi) is 6.04. The van der Waals surface area contributed by atoms with Gasteiger partial charge in [0, 0.05) is 18.4 Å². The predicted molar refractivity (Wildman–Crippen MR) is 107 cm³/mol. The molecule has 1 heterocycles. The Balaban J connectivity index is 1.78. The first-order chi connectivity index (χ1) is 13.8. The van der Waals surface area contributed by atoms with Crippen molar-refractivity contribution in [3.63, 3.8) is 0 Å². The summed E-state index contributed by atoms with van der Waals surface area (Å²) >= 11 is 0. The number of carbonyl (C=O) groups excluding carboxylic acids is 1. The maximum absolute atomic E-state index is 12.6. The van der Waals surface area contributed by atoms with Gasteiger partial charge < -0.3 is 10.1 Å². The summed E-state index contributed by atoms with van der Waals surface area (Å²) in [7, 11) is -2.00. The van der Waals surface area contributed by atoms with Gasteiger partial charge >= 0.3 is 0 Å². The van der Waals surface area contributed by atoms with E-state index in [0.717, 1.165) is 11.3 Å². The van der Waals surface area contributed by atoms with E-state index in [9.17, 15) is 13.2 Å². The van der Waals surface area contributed by atoms with E-state index in [1.54, 1.807) is 23.7 Å². The number of sulfone groups is 1. The minimum atomic E-state index is -3.44. The van der Waals surface area contributed by atoms with E-state index in [1.807, 2.05) is 13.0 Å². The molecule has 0 radical (unpaired) electrons. The standard InChI is InChI=1S/C19H21N5O4S/c1-13-4-7-16(12-18(13)24-14(2)21-22-23-24)20-19(25)15-5-8-17(9-6-15)29(26,27)11-10-28-3/h4-9,12H,10-11H2,1-3H3,(H,20,25). The van der Waals surface area contributed by atoms with Crippen LogP contribution < -0.4 is 5.32 Å². The van der Waals surface area contributed by atoms with E-state index in [0.29, 0.717) is 17.1 Å². The van der Waals surface area contributed by atoms with E-state index < -0.39 is 9.84 Å². The topological polar surface area (TPSA) is 116 Å². The number of amides is 1. The number of nitrogens with zero attached hydrogens (tertiary/aromatic N) is 4. The van der Waals surface area contributed by atoms with Crippen LogP contribution in [0.2, 0.25) is 0 Å². The third-order valence-corrected chi connectivity index (χ3v) is 6.05. The average molecular weight is 415 g/mol. The van der Waals surface area contributed by atoms with Gasteiger partial charge in [-0.3, -0.25) is 4.79 Å². The number of rotatable bonds is 7. The highest BCUT2D eigenvalue weighted by molar-refractivity contribution is 7.91. The first-order valence-corrected chi connectivity index (χ1v) is 10.5. The molecule has 2 aromatic carbocycles. The lowest BCUT2D eigenvalue weighted by Gasteiger charge is -2.11. The van der Waals surface area contributed by atoms with Crippen molar-refractivity contribution in [2.24, 2.45) is 0 Å². The summed E-state index contributed by atoms with van der Waals surface area (Å²) in [4.78, 5) is 12.7. The van der Waals surface area contributed by atoms with Crippen molar-refractivity contribution in [1.82, 2.24) is 20.2 Å². The minimum absolute atomic E-state index is 0.112. The molecule has 29 heavy (non-hydrogen) atoms. The largest absolute Gasteiger partial charge is 0.384 e. The van der Waals surface area contributed by atoms with Crippen LogP contribution in [0.15, 0.2) is 47.4 Å². The number of methoxy groups -OCH3 is 1. The van der Waals surface area contributed by atoms with Gasteiger partial charge in [0.05, 0.1) is 22.9 Å². The van der Waals surface area contributed by atoms with Crippen LogP contribution in [-0.4, -0.2) is 54.0 Å². The zero-order valence-electron chi connectivity index (χ0n) is 16.3. The molecule has 3 rings (SSSR count). The molecule has 0 unspecified atom stereocenters. The first-order valence-electron chi connectivity index (χ1n) is 8.81. The van der Waals surface area contributed by atoms with Crippen LogP contribution in [0.1, 0.15) is 21.7 Å². The SMILES string of the molecule is COCCS(=O)(=O)c1ccc(C(=O)Nc2ccc(C)c(-n3nnnc3C)c2)cc1. The van der Waals surface area contributed by atoms with Crippen LogP contribution in [0.4, 0.5) is 5.69 Å². The van der Waals surface area contributed by atoms with E-state index in [1.165, 1.54) is 31.4 Å². The van der Waals surface area contributed by atoms with Gasteiger partial charge in [-0.25, -0.2) is 8.42 Å². The Bertz CT molecular complexity index is 1120. The number of aryl methyl sites for hydroxylation is 2. The van der Waals surface area contributed by atoms with Crippen LogP contribution in [0.3, 0.4) is 0 Å². The monoisotopic (exact) mass is 415 g/mol. The predicted octanol–water partition coefficient (Wildman–Crippen LogP) is 1.95. The molecule has 1 aromatic heterocycles. The Hall–Kier alpha value is -3.11. The molecule has 0 aliphatic heterocycles. The zero-order valence-corrected chi connectivity index (χ0v) is 17.1. The lowest BCUT2D eigenvalue weighted by atomic mass is 10.1. The Morgan fingerprint density at radius 1 is 1.14 bits per heavy atom. The molecular weight excluding hydrogens is 394 g/mol. The Labute approximate surface area is 168 Å². The molecular formula is C19H21N5O4S. The lowest BCUT2D eigenvalue weighted by Crippen LogP contribution is -2.14. The maximum Gasteiger partial charge on any atom is 0.255 e. The number of anilines is 1. The summed E-state index contributed by atoms with van der Waals surface area (Å²) in [5.74, 6) is 0.161. The molecule has 10 heteroatoms. The van der Waals surface area contributed by atoms with Crippen LogP contribution in [0, 0.1) is 13.8 Å². The molecule has 0 aliphatic rings. The fourth-order valence-corrected chi connectivity index (χ4v) is 3.87. The number of ether oxygens (including phenoxy) is 1. The second-order valence-corrected chi connectivity index (χ2v) is 8.54. The van der Waals surface area contributed by atoms with E-state index >= 15 is 0 Å². The van der Waals surface area contributed by atoms with E-state index in [2.05, 4.69) is 20.8 Å². The Morgan fingerprint density at radius 2 is 1.86 bits per heavy atom. The number of hydrogen-bond donors (Lipinski definition) is 1. The van der Waals surface area contributed by atoms with Crippen molar-refractivity contribution in [2.45, 2.75) is 18.7 Å². The van der Waals surface area contributed by atoms with Crippen molar-refractivity contribution in [3.05, 3.63) is 59.4 Å². The molecule has 9 nitrogen and oxygen atoms in total. The molecule has 1 N–H and O–H groups in total. The van der Waals surface area contributed by atoms with Gasteiger partial charge in [0.25, 0.3) is 5.91 Å². The summed E-state index contributed by atoms with van der Waals surface area (Å²) in [5, 5.41) is 14.3. The first kappa shape index (κ1) is 20.6. The molecule has 3 aromatic rings. The lowest BCUT2D eigenvalue weighted by molar-refractivity contribution is 0.102. The fraction of sp³-hybridized carbons (Fsp3) is 0.263. The third kappa shape index (κ3) is 4.66. The fourth-order valence-electron chi connectivity index (χ4n) is 2.70. The summed E-state index contributed by atoms with van der Waals surface area (Å²) in [6, 6.07) is 11.2. The van der Waals surface area contributed by atoms with Crippen LogP contribution in [0.25, 0.3) is 5.69 Å². The Morgan fingerprint density at radius 3 is 2.48 bits per heavy atom. The van der Waals surface area contributed by atoms with Gasteiger partial charge in [0.2, 0.25) is 0 Å². The summed E-state index contributed by atoms with van der Waals surface area (Å²) in [6.45, 7) is 3.82. The third-order valence-electron chi connectivity index (χ3n) is 4.35. The van der Waals surface area contributed by atoms with Gasteiger partial charge in [0.15, 0.2) is 15.7 Å². The average Bonchev–Trinajstić information content (AvgIpc) is 3.13. The molecule has 152 valence electrons. The molecule has 0 bridgehead atoms. The van der Waals surface area contributed by atoms with Crippen molar-refractivity contribution >= 4 is 21.4 Å². The molecule has 1 amide bonds. The molecule has 0 spiro atoms. The molecule has 0 fully saturated rings. The van der Waals surface area contributed by atoms with Crippen LogP contribution >= 0.6 is 0 Å². The molecule has 0 saturated carbocycles. The van der Waals surface area contributed by atoms with Crippen LogP contribution in [-0.2, 0) is 14.6 Å². The highest BCUT2D eigenvalue weighted by Crippen LogP contribution is 2.20. The summed E-state index contributed by atoms with van der Waals surface area (Å²) in [6.07, 6.45) is 0. The van der Waals surface area contributed by atoms with Crippen molar-refractivity contribution in [3.8, 4) is 5.69 Å².